The SMILES string of the molecule is Cc1cc(C)c(B(c2cccc(-c3cccc(-c4ccc(C56CC7CC(C5)CC(c5ccc(-n8c9ccccc9c9ccccc98)cc5)(C7)C6)cc4)c3)c2)c2c(C)cc(C)cc2C)c(C)c1.Cc1cc(C)c(B(c2cccc(-c3cccc(-c4ccc(C56CC7CC(C5)CC(c5ccc(N(C8=CC=CCC8)c8ccc9ccccc9c8)cc5)(C7)C6)cc4)c3)c2)c2c(C)cc(C)cc2C)c(C)c1. The van der Waals surface area contributed by atoms with Crippen molar-refractivity contribution in [2.45, 2.75) is 195 Å². The van der Waals surface area contributed by atoms with Gasteiger partial charge in [0.25, 0.3) is 0 Å². The summed E-state index contributed by atoms with van der Waals surface area (Å²) in [6.45, 7) is 27.6. The molecule has 8 fully saturated rings. The van der Waals surface area contributed by atoms with Crippen LogP contribution >= 0.6 is 0 Å². The number of aromatic nitrogens is 1. The smallest absolute Gasteiger partial charge is 0.242 e. The van der Waals surface area contributed by atoms with Crippen LogP contribution in [-0.2, 0) is 21.7 Å². The van der Waals surface area contributed by atoms with Gasteiger partial charge >= 0.3 is 0 Å². The van der Waals surface area contributed by atoms with E-state index in [4.69, 9.17) is 0 Å². The van der Waals surface area contributed by atoms with Gasteiger partial charge in [0.05, 0.1) is 11.0 Å². The van der Waals surface area contributed by atoms with E-state index in [1.54, 1.807) is 22.3 Å². The van der Waals surface area contributed by atoms with Gasteiger partial charge in [-0.25, -0.2) is 0 Å². The van der Waals surface area contributed by atoms with Gasteiger partial charge in [0.1, 0.15) is 0 Å². The molecule has 16 aromatic carbocycles. The number of fused-ring (bicyclic) bond motifs is 4. The lowest BCUT2D eigenvalue weighted by atomic mass is 9.34. The average molecular weight is 1760 g/mol. The summed E-state index contributed by atoms with van der Waals surface area (Å²) in [6.07, 6.45) is 24.9. The molecule has 0 amide bonds. The molecule has 9 aliphatic rings. The molecule has 17 aromatic rings. The Kier molecular flexibility index (Phi) is 22.2. The zero-order chi connectivity index (χ0) is 92.6. The maximum Gasteiger partial charge on any atom is 0.242 e. The Morgan fingerprint density at radius 3 is 0.978 bits per heavy atom. The highest BCUT2D eigenvalue weighted by Gasteiger charge is 2.60. The standard InChI is InChI=1S/C68H66BN.C64H60BN/c1-45-32-47(3)65(48(4)33-45)69(66-49(5)34-46(2)35-50(66)6)61-19-13-18-57(38-61)56-17-12-16-55(37-56)54-22-25-59(26-23-54)67-40-51-36-52(41-67)43-68(42-51,44-67)60-27-30-63(31-28-60)70(62-20-8-7-9-21-62)64-29-24-53-14-10-11-15-58(53)39-64;1-41-29-43(3)61(44(4)30-41)65(62-45(5)31-42(2)32-46(62)6)55-16-12-15-52(35-55)51-14-11-13-50(34-51)49-21-23-53(24-22-49)63-36-47-33-48(37-63)39-64(38-47,40-63)54-25-27-56(28-26-54)66-59-19-9-7-17-57(59)58-18-8-10-20-60(58)66/h7-8,10-20,22-35,37-39,51-52H,9,21,36,40-44H2,1-6H3;7-32,34-35,47-48H,33,36-40H2,1-6H3. The third-order valence-electron chi connectivity index (χ3n) is 34.0. The Bertz CT molecular complexity index is 7330. The normalized spacial score (nSPS) is 21.1. The maximum atomic E-state index is 2.52. The van der Waals surface area contributed by atoms with E-state index in [2.05, 4.69) is 444 Å². The minimum absolute atomic E-state index is 0.147. The Morgan fingerprint density at radius 2 is 0.603 bits per heavy atom. The Morgan fingerprint density at radius 1 is 0.279 bits per heavy atom. The monoisotopic (exact) mass is 1760 g/mol. The number of anilines is 2. The fourth-order valence-electron chi connectivity index (χ4n) is 29.7. The van der Waals surface area contributed by atoms with Crippen LogP contribution in [0.1, 0.15) is 179 Å². The van der Waals surface area contributed by atoms with Crippen LogP contribution in [0.2, 0.25) is 0 Å². The maximum absolute atomic E-state index is 2.52. The fourth-order valence-corrected chi connectivity index (χ4v) is 29.7. The van der Waals surface area contributed by atoms with Crippen LogP contribution in [0.3, 0.4) is 0 Å². The Hall–Kier alpha value is -13.0. The molecule has 0 saturated heterocycles. The number of allylic oxidation sites excluding steroid dienone is 4. The van der Waals surface area contributed by atoms with Gasteiger partial charge in [0.15, 0.2) is 0 Å². The first kappa shape index (κ1) is 87.1. The number of benzene rings is 16. The number of hydrogen-bond acceptors (Lipinski definition) is 1. The van der Waals surface area contributed by atoms with E-state index in [9.17, 15) is 0 Å². The van der Waals surface area contributed by atoms with E-state index in [1.807, 2.05) is 0 Å². The van der Waals surface area contributed by atoms with Crippen LogP contribution in [0.15, 0.2) is 358 Å². The van der Waals surface area contributed by atoms with Crippen molar-refractivity contribution in [3.05, 3.63) is 447 Å². The summed E-state index contributed by atoms with van der Waals surface area (Å²) in [5.41, 5.74) is 49.7. The first-order valence-corrected chi connectivity index (χ1v) is 50.8. The first-order valence-electron chi connectivity index (χ1n) is 50.8. The van der Waals surface area contributed by atoms with Crippen molar-refractivity contribution in [3.8, 4) is 50.2 Å². The van der Waals surface area contributed by atoms with E-state index >= 15 is 0 Å². The number of para-hydroxylation sites is 2. The van der Waals surface area contributed by atoms with Gasteiger partial charge in [0.2, 0.25) is 13.4 Å². The molecule has 4 heteroatoms. The molecule has 9 aliphatic carbocycles. The Labute approximate surface area is 808 Å². The molecule has 0 N–H and O–H groups in total. The third kappa shape index (κ3) is 15.7. The lowest BCUT2D eigenvalue weighted by molar-refractivity contribution is -0.0282. The predicted octanol–water partition coefficient (Wildman–Crippen LogP) is 30.0. The molecule has 4 atom stereocenters. The quantitative estimate of drug-likeness (QED) is 0.0778. The highest BCUT2D eigenvalue weighted by molar-refractivity contribution is 6.97. The fraction of sp³-hybridized carbons (Fsp3) is 0.258. The minimum Gasteiger partial charge on any atom is -0.314 e. The second-order valence-corrected chi connectivity index (χ2v) is 43.7. The van der Waals surface area contributed by atoms with Gasteiger partial charge in [-0.3, -0.25) is 0 Å². The van der Waals surface area contributed by atoms with Crippen molar-refractivity contribution in [2.75, 3.05) is 4.90 Å². The zero-order valence-corrected chi connectivity index (χ0v) is 81.7. The first-order chi connectivity index (χ1) is 66.1. The highest BCUT2D eigenvalue weighted by Crippen LogP contribution is 2.68. The van der Waals surface area contributed by atoms with E-state index < -0.39 is 0 Å². The van der Waals surface area contributed by atoms with Crippen molar-refractivity contribution in [3.63, 3.8) is 0 Å². The zero-order valence-electron chi connectivity index (χ0n) is 81.7. The summed E-state index contributed by atoms with van der Waals surface area (Å²) in [5.74, 6) is 3.18. The molecule has 136 heavy (non-hydrogen) atoms. The van der Waals surface area contributed by atoms with E-state index in [0.717, 1.165) is 36.5 Å². The molecule has 0 radical (unpaired) electrons. The van der Waals surface area contributed by atoms with Crippen LogP contribution in [-0.4, -0.2) is 18.0 Å². The predicted molar refractivity (Wildman–Crippen MR) is 582 cm³/mol. The molecule has 4 unspecified atom stereocenters. The Balaban J connectivity index is 0.000000153. The van der Waals surface area contributed by atoms with Crippen molar-refractivity contribution in [2.24, 2.45) is 23.7 Å². The number of hydrogen-bond donors (Lipinski definition) is 0. The molecular weight excluding hydrogens is 1640 g/mol. The molecule has 0 aliphatic heterocycles. The molecule has 0 spiro atoms. The van der Waals surface area contributed by atoms with Gasteiger partial charge in [-0.2, -0.15) is 0 Å². The van der Waals surface area contributed by atoms with E-state index in [0.29, 0.717) is 0 Å². The van der Waals surface area contributed by atoms with Gasteiger partial charge in [-0.05, 0) is 363 Å². The molecular formula is C132H126B2N2. The second kappa shape index (κ2) is 34.7. The van der Waals surface area contributed by atoms with Crippen molar-refractivity contribution >= 4 is 90.2 Å². The summed E-state index contributed by atoms with van der Waals surface area (Å²) in [7, 11) is 0. The van der Waals surface area contributed by atoms with Gasteiger partial charge in [-0.15, -0.1) is 0 Å². The molecule has 8 bridgehead atoms. The van der Waals surface area contributed by atoms with Gasteiger partial charge in [0, 0.05) is 33.5 Å². The summed E-state index contributed by atoms with van der Waals surface area (Å²) < 4.78 is 2.46. The number of nitrogens with zero attached hydrogens (tertiary/aromatic N) is 2. The molecule has 8 saturated carbocycles. The van der Waals surface area contributed by atoms with Crippen LogP contribution in [0.5, 0.6) is 0 Å². The van der Waals surface area contributed by atoms with Crippen molar-refractivity contribution in [1.82, 2.24) is 4.57 Å². The van der Waals surface area contributed by atoms with Crippen molar-refractivity contribution < 1.29 is 0 Å². The lowest BCUT2D eigenvalue weighted by Crippen LogP contribution is -2.55. The van der Waals surface area contributed by atoms with Crippen LogP contribution in [0, 0.1) is 107 Å². The van der Waals surface area contributed by atoms with Crippen molar-refractivity contribution in [1.29, 1.82) is 0 Å². The molecule has 2 nitrogen and oxygen atoms in total. The molecule has 1 heterocycles. The second-order valence-electron chi connectivity index (χ2n) is 43.7. The van der Waals surface area contributed by atoms with E-state index in [-0.39, 0.29) is 35.1 Å². The third-order valence-corrected chi connectivity index (χ3v) is 34.0. The number of aryl methyl sites for hydroxylation is 12. The molecule has 670 valence electrons. The van der Waals surface area contributed by atoms with Crippen LogP contribution < -0.4 is 37.7 Å². The summed E-state index contributed by atoms with van der Waals surface area (Å²) in [6, 6.07) is 129. The van der Waals surface area contributed by atoms with Crippen LogP contribution in [0.4, 0.5) is 11.4 Å². The summed E-state index contributed by atoms with van der Waals surface area (Å²) >= 11 is 0. The summed E-state index contributed by atoms with van der Waals surface area (Å²) in [4.78, 5) is 2.51. The van der Waals surface area contributed by atoms with E-state index in [1.165, 1.54) is 276 Å². The van der Waals surface area contributed by atoms with Gasteiger partial charge in [-0.1, -0.05) is 385 Å². The summed E-state index contributed by atoms with van der Waals surface area (Å²) in [5, 5.41) is 5.21. The highest BCUT2D eigenvalue weighted by atomic mass is 15.1. The molecule has 1 aromatic heterocycles. The molecule has 26 rings (SSSR count). The minimum atomic E-state index is 0.147. The number of rotatable bonds is 18. The largest absolute Gasteiger partial charge is 0.314 e. The topological polar surface area (TPSA) is 8.17 Å². The lowest BCUT2D eigenvalue weighted by Gasteiger charge is -2.63. The van der Waals surface area contributed by atoms with Gasteiger partial charge < -0.3 is 9.47 Å². The van der Waals surface area contributed by atoms with Crippen LogP contribution in [0.25, 0.3) is 82.8 Å². The average Bonchev–Trinajstić information content (AvgIpc) is 0.728.